The third kappa shape index (κ3) is 3.01. The van der Waals surface area contributed by atoms with Gasteiger partial charge < -0.3 is 20.1 Å². The van der Waals surface area contributed by atoms with Crippen LogP contribution in [0.15, 0.2) is 18.2 Å². The Bertz CT molecular complexity index is 500. The van der Waals surface area contributed by atoms with E-state index in [-0.39, 0.29) is 11.6 Å². The van der Waals surface area contributed by atoms with Crippen LogP contribution in [-0.4, -0.2) is 38.3 Å². The van der Waals surface area contributed by atoms with Gasteiger partial charge in [0.05, 0.1) is 7.11 Å². The maximum atomic E-state index is 6.44. The van der Waals surface area contributed by atoms with E-state index in [0.717, 1.165) is 43.9 Å². The highest BCUT2D eigenvalue weighted by molar-refractivity contribution is 5.45. The second-order valence-corrected chi connectivity index (χ2v) is 6.52. The van der Waals surface area contributed by atoms with E-state index in [1.54, 1.807) is 7.11 Å². The summed E-state index contributed by atoms with van der Waals surface area (Å²) in [6, 6.07) is 6.16. The molecule has 1 saturated carbocycles. The molecule has 0 aromatic heterocycles. The zero-order chi connectivity index (χ0) is 14.9. The lowest BCUT2D eigenvalue weighted by Gasteiger charge is -2.39. The van der Waals surface area contributed by atoms with Crippen molar-refractivity contribution in [3.63, 3.8) is 0 Å². The van der Waals surface area contributed by atoms with Crippen molar-refractivity contribution in [1.82, 2.24) is 4.90 Å². The van der Waals surface area contributed by atoms with Gasteiger partial charge in [0.25, 0.3) is 0 Å². The van der Waals surface area contributed by atoms with Crippen LogP contribution in [-0.2, 0) is 5.54 Å². The molecule has 1 aliphatic carbocycles. The van der Waals surface area contributed by atoms with E-state index >= 15 is 0 Å². The summed E-state index contributed by atoms with van der Waals surface area (Å²) in [5.41, 5.74) is 7.45. The molecule has 2 N–H and O–H groups in total. The van der Waals surface area contributed by atoms with Gasteiger partial charge >= 0.3 is 0 Å². The predicted molar refractivity (Wildman–Crippen MR) is 83.9 cm³/mol. The average molecular weight is 290 g/mol. The molecule has 3 rings (SSSR count). The van der Waals surface area contributed by atoms with E-state index in [1.807, 2.05) is 6.07 Å². The van der Waals surface area contributed by atoms with E-state index in [1.165, 1.54) is 18.4 Å². The molecule has 116 valence electrons. The lowest BCUT2D eigenvalue weighted by molar-refractivity contribution is 0.101. The minimum atomic E-state index is -0.159. The molecule has 1 heterocycles. The molecular formula is C17H26N2O2. The molecule has 0 bridgehead atoms. The van der Waals surface area contributed by atoms with Crippen molar-refractivity contribution in [2.75, 3.05) is 27.2 Å². The van der Waals surface area contributed by atoms with Crippen LogP contribution in [0.4, 0.5) is 0 Å². The summed E-state index contributed by atoms with van der Waals surface area (Å²) in [6.07, 6.45) is 5.86. The fourth-order valence-corrected chi connectivity index (χ4v) is 3.32. The van der Waals surface area contributed by atoms with Gasteiger partial charge in [-0.15, -0.1) is 0 Å². The molecule has 2 fully saturated rings. The molecule has 21 heavy (non-hydrogen) atoms. The van der Waals surface area contributed by atoms with Gasteiger partial charge in [0, 0.05) is 12.1 Å². The Morgan fingerprint density at radius 3 is 2.67 bits per heavy atom. The number of hydrogen-bond acceptors (Lipinski definition) is 4. The number of ether oxygens (including phenoxy) is 2. The molecule has 1 unspecified atom stereocenters. The number of nitrogens with two attached hydrogens (primary N) is 1. The lowest BCUT2D eigenvalue weighted by atomic mass is 9.73. The third-order valence-corrected chi connectivity index (χ3v) is 4.86. The quantitative estimate of drug-likeness (QED) is 0.925. The first-order valence-corrected chi connectivity index (χ1v) is 7.93. The van der Waals surface area contributed by atoms with Crippen LogP contribution in [0.2, 0.25) is 0 Å². The summed E-state index contributed by atoms with van der Waals surface area (Å²) in [7, 11) is 3.84. The molecule has 1 saturated heterocycles. The van der Waals surface area contributed by atoms with Gasteiger partial charge in [0.2, 0.25) is 0 Å². The lowest BCUT2D eigenvalue weighted by Crippen LogP contribution is -2.43. The van der Waals surface area contributed by atoms with Crippen LogP contribution in [0.1, 0.15) is 37.7 Å². The van der Waals surface area contributed by atoms with Gasteiger partial charge in [-0.05, 0) is 63.4 Å². The number of piperidine rings is 1. The van der Waals surface area contributed by atoms with Gasteiger partial charge in [-0.25, -0.2) is 0 Å². The summed E-state index contributed by atoms with van der Waals surface area (Å²) < 4.78 is 11.7. The molecule has 1 aliphatic heterocycles. The fourth-order valence-electron chi connectivity index (χ4n) is 3.32. The van der Waals surface area contributed by atoms with Gasteiger partial charge in [0.15, 0.2) is 11.5 Å². The number of nitrogens with zero attached hydrogens (tertiary/aromatic N) is 1. The molecule has 0 radical (unpaired) electrons. The van der Waals surface area contributed by atoms with Crippen LogP contribution < -0.4 is 15.2 Å². The van der Waals surface area contributed by atoms with Gasteiger partial charge in [-0.3, -0.25) is 0 Å². The zero-order valence-electron chi connectivity index (χ0n) is 13.1. The SMILES string of the molecule is COc1ccc(C2(N)CCC2)cc1OC1CCCN(C)C1. The fraction of sp³-hybridized carbons (Fsp3) is 0.647. The largest absolute Gasteiger partial charge is 0.493 e. The highest BCUT2D eigenvalue weighted by atomic mass is 16.5. The highest BCUT2D eigenvalue weighted by Crippen LogP contribution is 2.42. The minimum Gasteiger partial charge on any atom is -0.493 e. The van der Waals surface area contributed by atoms with Gasteiger partial charge in [-0.2, -0.15) is 0 Å². The maximum absolute atomic E-state index is 6.44. The van der Waals surface area contributed by atoms with Crippen LogP contribution in [0.5, 0.6) is 11.5 Å². The third-order valence-electron chi connectivity index (χ3n) is 4.86. The number of benzene rings is 1. The number of likely N-dealkylation sites (N-methyl/N-ethyl adjacent to an activating group) is 1. The summed E-state index contributed by atoms with van der Waals surface area (Å²) in [4.78, 5) is 2.32. The average Bonchev–Trinajstić information content (AvgIpc) is 2.45. The predicted octanol–water partition coefficient (Wildman–Crippen LogP) is 2.51. The van der Waals surface area contributed by atoms with Crippen LogP contribution >= 0.6 is 0 Å². The second kappa shape index (κ2) is 5.85. The van der Waals surface area contributed by atoms with E-state index in [2.05, 4.69) is 24.1 Å². The number of rotatable bonds is 4. The summed E-state index contributed by atoms with van der Waals surface area (Å²) in [6.45, 7) is 2.13. The molecule has 0 spiro atoms. The van der Waals surface area contributed by atoms with E-state index in [4.69, 9.17) is 15.2 Å². The van der Waals surface area contributed by atoms with Crippen molar-refractivity contribution < 1.29 is 9.47 Å². The van der Waals surface area contributed by atoms with Crippen molar-refractivity contribution >= 4 is 0 Å². The van der Waals surface area contributed by atoms with E-state index < -0.39 is 0 Å². The Labute approximate surface area is 127 Å². The van der Waals surface area contributed by atoms with Gasteiger partial charge in [0.1, 0.15) is 6.10 Å². The smallest absolute Gasteiger partial charge is 0.161 e. The van der Waals surface area contributed by atoms with Crippen molar-refractivity contribution in [3.8, 4) is 11.5 Å². The molecule has 1 aromatic rings. The second-order valence-electron chi connectivity index (χ2n) is 6.52. The number of hydrogen-bond donors (Lipinski definition) is 1. The first kappa shape index (κ1) is 14.7. The molecule has 0 amide bonds. The normalized spacial score (nSPS) is 25.2. The minimum absolute atomic E-state index is 0.159. The van der Waals surface area contributed by atoms with Gasteiger partial charge in [-0.1, -0.05) is 6.07 Å². The monoisotopic (exact) mass is 290 g/mol. The Morgan fingerprint density at radius 2 is 2.05 bits per heavy atom. The highest BCUT2D eigenvalue weighted by Gasteiger charge is 2.35. The summed E-state index contributed by atoms with van der Waals surface area (Å²) in [5.74, 6) is 1.64. The maximum Gasteiger partial charge on any atom is 0.161 e. The first-order chi connectivity index (χ1) is 10.1. The number of methoxy groups -OCH3 is 1. The molecule has 4 nitrogen and oxygen atoms in total. The Kier molecular flexibility index (Phi) is 4.09. The van der Waals surface area contributed by atoms with Crippen molar-refractivity contribution in [3.05, 3.63) is 23.8 Å². The molecule has 1 aromatic carbocycles. The molecule has 1 atom stereocenters. The Morgan fingerprint density at radius 1 is 1.24 bits per heavy atom. The van der Waals surface area contributed by atoms with Crippen molar-refractivity contribution in [2.24, 2.45) is 5.73 Å². The molecular weight excluding hydrogens is 264 g/mol. The van der Waals surface area contributed by atoms with Crippen molar-refractivity contribution in [2.45, 2.75) is 43.7 Å². The summed E-state index contributed by atoms with van der Waals surface area (Å²) in [5, 5.41) is 0. The Balaban J connectivity index is 1.80. The summed E-state index contributed by atoms with van der Waals surface area (Å²) >= 11 is 0. The van der Waals surface area contributed by atoms with Crippen molar-refractivity contribution in [1.29, 1.82) is 0 Å². The van der Waals surface area contributed by atoms with E-state index in [9.17, 15) is 0 Å². The molecule has 4 heteroatoms. The van der Waals surface area contributed by atoms with Crippen LogP contribution in [0, 0.1) is 0 Å². The van der Waals surface area contributed by atoms with E-state index in [0.29, 0.717) is 0 Å². The van der Waals surface area contributed by atoms with Crippen LogP contribution in [0.3, 0.4) is 0 Å². The first-order valence-electron chi connectivity index (χ1n) is 7.93. The van der Waals surface area contributed by atoms with Crippen LogP contribution in [0.25, 0.3) is 0 Å². The topological polar surface area (TPSA) is 47.7 Å². The zero-order valence-corrected chi connectivity index (χ0v) is 13.1. The molecule has 2 aliphatic rings. The Hall–Kier alpha value is -1.26. The standard InChI is InChI=1S/C17H26N2O2/c1-19-10-3-5-14(12-19)21-16-11-13(6-7-15(16)20-2)17(18)8-4-9-17/h6-7,11,14H,3-5,8-10,12,18H2,1-2H3. The number of likely N-dealkylation sites (tertiary alicyclic amines) is 1.